The molecule has 0 aromatic heterocycles. The molecule has 0 spiro atoms. The van der Waals surface area contributed by atoms with E-state index in [1.165, 1.54) is 12.1 Å². The first kappa shape index (κ1) is 13.9. The van der Waals surface area contributed by atoms with Crippen LogP contribution >= 0.6 is 15.9 Å². The second-order valence-electron chi connectivity index (χ2n) is 5.90. The van der Waals surface area contributed by atoms with Crippen LogP contribution in [-0.2, 0) is 5.54 Å². The van der Waals surface area contributed by atoms with Gasteiger partial charge in [0.25, 0.3) is 0 Å². The van der Waals surface area contributed by atoms with Gasteiger partial charge in [0, 0.05) is 5.56 Å². The first-order valence-corrected chi connectivity index (χ1v) is 6.98. The smallest absolute Gasteiger partial charge is 0.145 e. The standard InChI is InChI=1S/C14H18BrF2N/c1-13(2,3)14(7-4-8-18-14)11-10(16)6-5-9(15)12(11)17/h5-6,18H,4,7-8H2,1-3H3. The third kappa shape index (κ3) is 1.99. The molecule has 1 N–H and O–H groups in total. The van der Waals surface area contributed by atoms with Gasteiger partial charge in [0.15, 0.2) is 0 Å². The fourth-order valence-electron chi connectivity index (χ4n) is 2.89. The highest BCUT2D eigenvalue weighted by atomic mass is 79.9. The molecule has 2 rings (SSSR count). The van der Waals surface area contributed by atoms with Crippen molar-refractivity contribution in [3.05, 3.63) is 33.8 Å². The van der Waals surface area contributed by atoms with Crippen LogP contribution < -0.4 is 5.32 Å². The van der Waals surface area contributed by atoms with Crippen molar-refractivity contribution in [1.82, 2.24) is 5.32 Å². The molecular weight excluding hydrogens is 300 g/mol. The maximum atomic E-state index is 14.4. The highest BCUT2D eigenvalue weighted by Gasteiger charge is 2.48. The Kier molecular flexibility index (Phi) is 3.54. The van der Waals surface area contributed by atoms with E-state index < -0.39 is 17.2 Å². The third-order valence-corrected chi connectivity index (χ3v) is 4.52. The van der Waals surface area contributed by atoms with Crippen LogP contribution in [0.2, 0.25) is 0 Å². The van der Waals surface area contributed by atoms with E-state index in [0.29, 0.717) is 4.47 Å². The summed E-state index contributed by atoms with van der Waals surface area (Å²) in [4.78, 5) is 0. The van der Waals surface area contributed by atoms with Crippen molar-refractivity contribution in [1.29, 1.82) is 0 Å². The number of halogens is 3. The van der Waals surface area contributed by atoms with E-state index in [4.69, 9.17) is 0 Å². The van der Waals surface area contributed by atoms with Gasteiger partial charge in [-0.05, 0) is 52.9 Å². The number of nitrogens with one attached hydrogen (secondary N) is 1. The Labute approximate surface area is 115 Å². The van der Waals surface area contributed by atoms with E-state index in [0.717, 1.165) is 19.4 Å². The van der Waals surface area contributed by atoms with Crippen LogP contribution in [0.25, 0.3) is 0 Å². The van der Waals surface area contributed by atoms with Crippen molar-refractivity contribution in [2.45, 2.75) is 39.2 Å². The molecule has 1 saturated heterocycles. The van der Waals surface area contributed by atoms with Crippen molar-refractivity contribution in [3.8, 4) is 0 Å². The van der Waals surface area contributed by atoms with Crippen molar-refractivity contribution in [2.24, 2.45) is 5.41 Å². The summed E-state index contributed by atoms with van der Waals surface area (Å²) in [5.74, 6) is -0.959. The molecule has 1 atom stereocenters. The number of rotatable bonds is 1. The Hall–Kier alpha value is -0.480. The monoisotopic (exact) mass is 317 g/mol. The number of hydrogen-bond acceptors (Lipinski definition) is 1. The molecule has 1 aromatic rings. The molecule has 1 nitrogen and oxygen atoms in total. The van der Waals surface area contributed by atoms with Gasteiger partial charge in [-0.2, -0.15) is 0 Å². The van der Waals surface area contributed by atoms with Gasteiger partial charge in [-0.25, -0.2) is 8.78 Å². The van der Waals surface area contributed by atoms with Gasteiger partial charge in [-0.1, -0.05) is 20.8 Å². The second kappa shape index (κ2) is 4.57. The molecule has 0 bridgehead atoms. The molecule has 1 aromatic carbocycles. The molecule has 1 aliphatic heterocycles. The Morgan fingerprint density at radius 1 is 1.28 bits per heavy atom. The topological polar surface area (TPSA) is 12.0 Å². The van der Waals surface area contributed by atoms with Crippen LogP contribution in [0.5, 0.6) is 0 Å². The van der Waals surface area contributed by atoms with E-state index in [2.05, 4.69) is 21.2 Å². The minimum absolute atomic E-state index is 0.168. The molecule has 0 radical (unpaired) electrons. The van der Waals surface area contributed by atoms with Gasteiger partial charge in [0.2, 0.25) is 0 Å². The average molecular weight is 318 g/mol. The average Bonchev–Trinajstić information content (AvgIpc) is 2.74. The SMILES string of the molecule is CC(C)(C)C1(c2c(F)ccc(Br)c2F)CCCN1. The molecule has 18 heavy (non-hydrogen) atoms. The van der Waals surface area contributed by atoms with Crippen molar-refractivity contribution >= 4 is 15.9 Å². The summed E-state index contributed by atoms with van der Waals surface area (Å²) in [5.41, 5.74) is -0.724. The zero-order valence-corrected chi connectivity index (χ0v) is 12.5. The van der Waals surface area contributed by atoms with Gasteiger partial charge >= 0.3 is 0 Å². The Bertz CT molecular complexity index is 460. The first-order chi connectivity index (χ1) is 8.29. The molecule has 100 valence electrons. The first-order valence-electron chi connectivity index (χ1n) is 6.18. The van der Waals surface area contributed by atoms with Crippen LogP contribution in [0, 0.1) is 17.0 Å². The zero-order chi connectivity index (χ0) is 13.6. The van der Waals surface area contributed by atoms with Crippen molar-refractivity contribution in [2.75, 3.05) is 6.54 Å². The molecule has 1 unspecified atom stereocenters. The van der Waals surface area contributed by atoms with Crippen LogP contribution in [-0.4, -0.2) is 6.54 Å². The van der Waals surface area contributed by atoms with Gasteiger partial charge in [0.05, 0.1) is 10.0 Å². The number of benzene rings is 1. The van der Waals surface area contributed by atoms with Crippen LogP contribution in [0.15, 0.2) is 16.6 Å². The summed E-state index contributed by atoms with van der Waals surface area (Å²) in [6.07, 6.45) is 1.68. The summed E-state index contributed by atoms with van der Waals surface area (Å²) in [7, 11) is 0. The van der Waals surface area contributed by atoms with E-state index in [1.807, 2.05) is 20.8 Å². The Morgan fingerprint density at radius 3 is 2.44 bits per heavy atom. The lowest BCUT2D eigenvalue weighted by atomic mass is 9.68. The van der Waals surface area contributed by atoms with Crippen molar-refractivity contribution in [3.63, 3.8) is 0 Å². The van der Waals surface area contributed by atoms with E-state index in [1.54, 1.807) is 0 Å². The van der Waals surface area contributed by atoms with Crippen LogP contribution in [0.4, 0.5) is 8.78 Å². The highest BCUT2D eigenvalue weighted by molar-refractivity contribution is 9.10. The summed E-state index contributed by atoms with van der Waals surface area (Å²) < 4.78 is 28.8. The predicted octanol–water partition coefficient (Wildman–Crippen LogP) is 4.35. The molecule has 0 saturated carbocycles. The highest BCUT2D eigenvalue weighted by Crippen LogP contribution is 2.47. The van der Waals surface area contributed by atoms with E-state index >= 15 is 0 Å². The lowest BCUT2D eigenvalue weighted by molar-refractivity contribution is 0.149. The maximum absolute atomic E-state index is 14.4. The number of hydrogen-bond donors (Lipinski definition) is 1. The minimum Gasteiger partial charge on any atom is -0.307 e. The quantitative estimate of drug-likeness (QED) is 0.759. The fourth-order valence-corrected chi connectivity index (χ4v) is 3.22. The van der Waals surface area contributed by atoms with E-state index in [9.17, 15) is 8.78 Å². The molecule has 4 heteroatoms. The predicted molar refractivity (Wildman–Crippen MR) is 72.4 cm³/mol. The zero-order valence-electron chi connectivity index (χ0n) is 10.9. The van der Waals surface area contributed by atoms with Gasteiger partial charge in [-0.3, -0.25) is 0 Å². The van der Waals surface area contributed by atoms with Gasteiger partial charge in [0.1, 0.15) is 11.6 Å². The second-order valence-corrected chi connectivity index (χ2v) is 6.76. The van der Waals surface area contributed by atoms with E-state index in [-0.39, 0.29) is 11.0 Å². The molecule has 0 amide bonds. The summed E-state index contributed by atoms with van der Waals surface area (Å²) in [6, 6.07) is 2.75. The van der Waals surface area contributed by atoms with Crippen LogP contribution in [0.3, 0.4) is 0 Å². The minimum atomic E-state index is -0.634. The van der Waals surface area contributed by atoms with Gasteiger partial charge < -0.3 is 5.32 Å². The van der Waals surface area contributed by atoms with Gasteiger partial charge in [-0.15, -0.1) is 0 Å². The third-order valence-electron chi connectivity index (χ3n) is 3.91. The molecule has 1 fully saturated rings. The fraction of sp³-hybridized carbons (Fsp3) is 0.571. The molecule has 0 aliphatic carbocycles. The Morgan fingerprint density at radius 2 is 1.94 bits per heavy atom. The largest absolute Gasteiger partial charge is 0.307 e. The molecular formula is C14H18BrF2N. The van der Waals surface area contributed by atoms with Crippen LogP contribution in [0.1, 0.15) is 39.2 Å². The normalized spacial score (nSPS) is 24.6. The lowest BCUT2D eigenvalue weighted by Crippen LogP contribution is -2.49. The molecule has 1 aliphatic rings. The van der Waals surface area contributed by atoms with Crippen molar-refractivity contribution < 1.29 is 8.78 Å². The maximum Gasteiger partial charge on any atom is 0.145 e. The molecule has 1 heterocycles. The summed E-state index contributed by atoms with van der Waals surface area (Å²) >= 11 is 3.15. The summed E-state index contributed by atoms with van der Waals surface area (Å²) in [6.45, 7) is 6.85. The lowest BCUT2D eigenvalue weighted by Gasteiger charge is -2.43. The summed E-state index contributed by atoms with van der Waals surface area (Å²) in [5, 5.41) is 3.33. The Balaban J connectivity index is 2.68.